The van der Waals surface area contributed by atoms with Crippen molar-refractivity contribution in [2.24, 2.45) is 0 Å². The molecule has 1 amide bonds. The van der Waals surface area contributed by atoms with Gasteiger partial charge in [0.25, 0.3) is 0 Å². The van der Waals surface area contributed by atoms with Crippen LogP contribution in [0.4, 0.5) is 0 Å². The highest BCUT2D eigenvalue weighted by molar-refractivity contribution is 6.06. The molecular weight excluding hydrogens is 270 g/mol. The van der Waals surface area contributed by atoms with E-state index in [-0.39, 0.29) is 11.8 Å². The average Bonchev–Trinajstić information content (AvgIpc) is 3.10. The predicted molar refractivity (Wildman–Crippen MR) is 76.2 cm³/mol. The zero-order valence-electron chi connectivity index (χ0n) is 11.4. The van der Waals surface area contributed by atoms with Crippen molar-refractivity contribution < 1.29 is 13.9 Å². The van der Waals surface area contributed by atoms with Crippen LogP contribution in [0.15, 0.2) is 29.1 Å². The van der Waals surface area contributed by atoms with Crippen LogP contribution in [-0.4, -0.2) is 29.5 Å². The van der Waals surface area contributed by atoms with Gasteiger partial charge in [0.15, 0.2) is 16.9 Å². The first kappa shape index (κ1) is 12.1. The van der Waals surface area contributed by atoms with Crippen LogP contribution in [0.25, 0.3) is 22.1 Å². The maximum atomic E-state index is 11.5. The summed E-state index contributed by atoms with van der Waals surface area (Å²) >= 11 is 0. The van der Waals surface area contributed by atoms with Crippen molar-refractivity contribution in [1.82, 2.24) is 15.3 Å². The normalized spacial score (nSPS) is 18.3. The van der Waals surface area contributed by atoms with Crippen molar-refractivity contribution in [3.05, 3.63) is 30.2 Å². The van der Waals surface area contributed by atoms with Crippen molar-refractivity contribution in [2.75, 3.05) is 13.7 Å². The van der Waals surface area contributed by atoms with Crippen LogP contribution >= 0.6 is 0 Å². The quantitative estimate of drug-likeness (QED) is 0.778. The van der Waals surface area contributed by atoms with Crippen LogP contribution in [0, 0.1) is 0 Å². The van der Waals surface area contributed by atoms with Gasteiger partial charge in [-0.1, -0.05) is 6.07 Å². The Morgan fingerprint density at radius 2 is 2.33 bits per heavy atom. The Morgan fingerprint density at radius 3 is 3.10 bits per heavy atom. The Labute approximate surface area is 120 Å². The first-order valence-corrected chi connectivity index (χ1v) is 6.73. The van der Waals surface area contributed by atoms with E-state index in [4.69, 9.17) is 9.15 Å². The summed E-state index contributed by atoms with van der Waals surface area (Å²) in [6, 6.07) is 3.86. The Bertz CT molecular complexity index is 856. The van der Waals surface area contributed by atoms with Crippen LogP contribution in [0.2, 0.25) is 0 Å². The Morgan fingerprint density at radius 1 is 1.43 bits per heavy atom. The second-order valence-corrected chi connectivity index (χ2v) is 5.10. The zero-order valence-corrected chi connectivity index (χ0v) is 11.4. The molecule has 6 nitrogen and oxygen atoms in total. The highest BCUT2D eigenvalue weighted by Crippen LogP contribution is 2.39. The van der Waals surface area contributed by atoms with Gasteiger partial charge in [-0.3, -0.25) is 4.79 Å². The summed E-state index contributed by atoms with van der Waals surface area (Å²) in [6.07, 6.45) is 3.63. The van der Waals surface area contributed by atoms with Crippen molar-refractivity contribution >= 4 is 28.0 Å². The Kier molecular flexibility index (Phi) is 2.57. The molecule has 6 heteroatoms. The summed E-state index contributed by atoms with van der Waals surface area (Å²) < 4.78 is 11.2. The van der Waals surface area contributed by atoms with E-state index in [1.165, 1.54) is 6.33 Å². The first-order valence-electron chi connectivity index (χ1n) is 6.73. The third kappa shape index (κ3) is 1.75. The fourth-order valence-electron chi connectivity index (χ4n) is 2.94. The van der Waals surface area contributed by atoms with E-state index in [1.54, 1.807) is 13.3 Å². The largest absolute Gasteiger partial charge is 0.493 e. The molecule has 0 radical (unpaired) electrons. The second-order valence-electron chi connectivity index (χ2n) is 5.10. The topological polar surface area (TPSA) is 77.2 Å². The van der Waals surface area contributed by atoms with Crippen LogP contribution in [0.5, 0.6) is 5.75 Å². The molecule has 1 fully saturated rings. The maximum Gasteiger partial charge on any atom is 0.220 e. The number of benzene rings is 1. The molecule has 3 aromatic rings. The van der Waals surface area contributed by atoms with Gasteiger partial charge in [0, 0.05) is 18.9 Å². The minimum atomic E-state index is 0.0754. The number of methoxy groups -OCH3 is 1. The van der Waals surface area contributed by atoms with E-state index in [1.807, 2.05) is 12.1 Å². The number of carbonyl (C=O) groups is 1. The van der Waals surface area contributed by atoms with Crippen LogP contribution in [0.3, 0.4) is 0 Å². The van der Waals surface area contributed by atoms with E-state index in [0.29, 0.717) is 29.9 Å². The number of hydrogen-bond acceptors (Lipinski definition) is 5. The molecule has 4 rings (SSSR count). The number of nitrogens with zero attached hydrogens (tertiary/aromatic N) is 2. The average molecular weight is 283 g/mol. The summed E-state index contributed by atoms with van der Waals surface area (Å²) in [7, 11) is 1.61. The van der Waals surface area contributed by atoms with Crippen LogP contribution in [0.1, 0.15) is 17.9 Å². The van der Waals surface area contributed by atoms with Gasteiger partial charge in [-0.25, -0.2) is 9.97 Å². The summed E-state index contributed by atoms with van der Waals surface area (Å²) in [6.45, 7) is 0.637. The fourth-order valence-corrected chi connectivity index (χ4v) is 2.94. The molecule has 0 aliphatic carbocycles. The number of nitrogens with one attached hydrogen (secondary N) is 1. The number of rotatable bonds is 2. The third-order valence-corrected chi connectivity index (χ3v) is 3.92. The first-order chi connectivity index (χ1) is 10.3. The smallest absolute Gasteiger partial charge is 0.220 e. The van der Waals surface area contributed by atoms with Crippen LogP contribution in [-0.2, 0) is 4.79 Å². The molecule has 3 heterocycles. The molecule has 0 spiro atoms. The number of hydrogen-bond donors (Lipinski definition) is 1. The molecular formula is C15H13N3O3. The SMILES string of the molecule is COc1ccc(C2CNC(=O)C2)c2c1oc1cncnc12. The van der Waals surface area contributed by atoms with Crippen LogP contribution < -0.4 is 10.1 Å². The molecule has 1 atom stereocenters. The number of furan rings is 1. The molecule has 21 heavy (non-hydrogen) atoms. The van der Waals surface area contributed by atoms with Gasteiger partial charge >= 0.3 is 0 Å². The van der Waals surface area contributed by atoms with Crippen molar-refractivity contribution in [3.63, 3.8) is 0 Å². The van der Waals surface area contributed by atoms with Gasteiger partial charge < -0.3 is 14.5 Å². The summed E-state index contributed by atoms with van der Waals surface area (Å²) in [4.78, 5) is 19.8. The zero-order chi connectivity index (χ0) is 14.4. The summed E-state index contributed by atoms with van der Waals surface area (Å²) in [5.41, 5.74) is 3.09. The lowest BCUT2D eigenvalue weighted by atomic mass is 9.94. The van der Waals surface area contributed by atoms with Crippen molar-refractivity contribution in [1.29, 1.82) is 0 Å². The van der Waals surface area contributed by atoms with Crippen molar-refractivity contribution in [3.8, 4) is 5.75 Å². The molecule has 106 valence electrons. The monoisotopic (exact) mass is 283 g/mol. The minimum absolute atomic E-state index is 0.0754. The third-order valence-electron chi connectivity index (χ3n) is 3.92. The second kappa shape index (κ2) is 4.44. The van der Waals surface area contributed by atoms with E-state index >= 15 is 0 Å². The van der Waals surface area contributed by atoms with Gasteiger partial charge in [-0.2, -0.15) is 0 Å². The molecule has 1 aromatic carbocycles. The maximum absolute atomic E-state index is 11.5. The molecule has 1 aliphatic heterocycles. The van der Waals surface area contributed by atoms with Gasteiger partial charge in [0.1, 0.15) is 11.8 Å². The molecule has 1 aliphatic rings. The van der Waals surface area contributed by atoms with Gasteiger partial charge in [0.05, 0.1) is 18.7 Å². The molecule has 1 unspecified atom stereocenters. The number of carbonyl (C=O) groups excluding carboxylic acids is 1. The highest BCUT2D eigenvalue weighted by Gasteiger charge is 2.27. The number of aromatic nitrogens is 2. The fraction of sp³-hybridized carbons (Fsp3) is 0.267. The molecule has 0 bridgehead atoms. The molecule has 2 aromatic heterocycles. The lowest BCUT2D eigenvalue weighted by Gasteiger charge is -2.10. The summed E-state index contributed by atoms with van der Waals surface area (Å²) in [5, 5.41) is 3.78. The van der Waals surface area contributed by atoms with E-state index in [0.717, 1.165) is 16.5 Å². The molecule has 1 saturated heterocycles. The summed E-state index contributed by atoms with van der Waals surface area (Å²) in [5.74, 6) is 0.858. The Hall–Kier alpha value is -2.63. The predicted octanol–water partition coefficient (Wildman–Crippen LogP) is 1.99. The minimum Gasteiger partial charge on any atom is -0.493 e. The van der Waals surface area contributed by atoms with E-state index in [2.05, 4.69) is 15.3 Å². The van der Waals surface area contributed by atoms with Crippen molar-refractivity contribution in [2.45, 2.75) is 12.3 Å². The van der Waals surface area contributed by atoms with E-state index < -0.39 is 0 Å². The van der Waals surface area contributed by atoms with Gasteiger partial charge in [0.2, 0.25) is 5.91 Å². The molecule has 1 N–H and O–H groups in total. The number of fused-ring (bicyclic) bond motifs is 3. The van der Waals surface area contributed by atoms with Gasteiger partial charge in [-0.05, 0) is 11.6 Å². The number of amides is 1. The lowest BCUT2D eigenvalue weighted by molar-refractivity contribution is -0.119. The number of ether oxygens (including phenoxy) is 1. The molecule has 0 saturated carbocycles. The Balaban J connectivity index is 2.04. The highest BCUT2D eigenvalue weighted by atomic mass is 16.5. The standard InChI is InChI=1S/C15H13N3O3/c1-20-10-3-2-9(8-4-12(19)17-5-8)13-14-11(21-15(10)13)6-16-7-18-14/h2-3,6-8H,4-5H2,1H3,(H,17,19). The van der Waals surface area contributed by atoms with Gasteiger partial charge in [-0.15, -0.1) is 0 Å². The lowest BCUT2D eigenvalue weighted by Crippen LogP contribution is -2.13. The van der Waals surface area contributed by atoms with E-state index in [9.17, 15) is 4.79 Å².